The first-order valence-electron chi connectivity index (χ1n) is 6.13. The van der Waals surface area contributed by atoms with E-state index in [9.17, 15) is 9.59 Å². The van der Waals surface area contributed by atoms with Crippen LogP contribution in [0.1, 0.15) is 19.8 Å². The van der Waals surface area contributed by atoms with Crippen LogP contribution in [0.3, 0.4) is 0 Å². The molecule has 1 aliphatic carbocycles. The van der Waals surface area contributed by atoms with Crippen LogP contribution in [0.25, 0.3) is 0 Å². The van der Waals surface area contributed by atoms with Crippen molar-refractivity contribution in [3.05, 3.63) is 23.5 Å². The predicted octanol–water partition coefficient (Wildman–Crippen LogP) is 2.42. The van der Waals surface area contributed by atoms with E-state index in [0.29, 0.717) is 18.5 Å². The molecular formula is C13H15ClN2O3. The Morgan fingerprint density at radius 2 is 2.11 bits per heavy atom. The van der Waals surface area contributed by atoms with Gasteiger partial charge in [0.2, 0.25) is 5.91 Å². The van der Waals surface area contributed by atoms with Crippen molar-refractivity contribution in [3.63, 3.8) is 0 Å². The van der Waals surface area contributed by atoms with Crippen molar-refractivity contribution in [2.75, 3.05) is 5.32 Å². The van der Waals surface area contributed by atoms with Gasteiger partial charge in [0.1, 0.15) is 0 Å². The van der Waals surface area contributed by atoms with Crippen molar-refractivity contribution < 1.29 is 14.7 Å². The standard InChI is InChI=1S/C13H15ClN2O3/c1-7-5-8(9(6-7)13(18)19)12(17)16-10-3-2-4-15-11(10)14/h2-4,7-9H,5-6H2,1H3,(H,16,17)(H,18,19)/t7?,8-,9+/m0/s1. The number of carbonyl (C=O) groups is 2. The highest BCUT2D eigenvalue weighted by Gasteiger charge is 2.41. The maximum atomic E-state index is 12.2. The number of pyridine rings is 1. The Hall–Kier alpha value is -1.62. The summed E-state index contributed by atoms with van der Waals surface area (Å²) < 4.78 is 0. The van der Waals surface area contributed by atoms with Crippen LogP contribution in [-0.2, 0) is 9.59 Å². The Bertz CT molecular complexity index is 506. The molecule has 0 aliphatic heterocycles. The number of carboxylic acids is 1. The van der Waals surface area contributed by atoms with Crippen molar-refractivity contribution in [3.8, 4) is 0 Å². The van der Waals surface area contributed by atoms with E-state index in [0.717, 1.165) is 0 Å². The molecule has 6 heteroatoms. The van der Waals surface area contributed by atoms with Crippen LogP contribution in [0.15, 0.2) is 18.3 Å². The molecule has 2 N–H and O–H groups in total. The normalized spacial score (nSPS) is 26.1. The van der Waals surface area contributed by atoms with Crippen LogP contribution < -0.4 is 5.32 Å². The number of aliphatic carboxylic acids is 1. The smallest absolute Gasteiger partial charge is 0.307 e. The third kappa shape index (κ3) is 3.04. The molecule has 1 amide bonds. The SMILES string of the molecule is CC1C[C@H](C(=O)Nc2cccnc2Cl)[C@H](C(=O)O)C1. The van der Waals surface area contributed by atoms with Gasteiger partial charge in [-0.05, 0) is 30.9 Å². The lowest BCUT2D eigenvalue weighted by Gasteiger charge is -2.15. The van der Waals surface area contributed by atoms with Gasteiger partial charge in [-0.3, -0.25) is 9.59 Å². The molecule has 0 saturated heterocycles. The molecular weight excluding hydrogens is 268 g/mol. The lowest BCUT2D eigenvalue weighted by molar-refractivity contribution is -0.145. The number of aromatic nitrogens is 1. The van der Waals surface area contributed by atoms with Gasteiger partial charge in [-0.2, -0.15) is 0 Å². The lowest BCUT2D eigenvalue weighted by atomic mass is 9.95. The van der Waals surface area contributed by atoms with Crippen LogP contribution in [-0.4, -0.2) is 22.0 Å². The van der Waals surface area contributed by atoms with Gasteiger partial charge >= 0.3 is 5.97 Å². The first-order chi connectivity index (χ1) is 8.99. The summed E-state index contributed by atoms with van der Waals surface area (Å²) in [6, 6.07) is 3.30. The van der Waals surface area contributed by atoms with E-state index in [1.807, 2.05) is 6.92 Å². The van der Waals surface area contributed by atoms with Gasteiger partial charge in [-0.1, -0.05) is 18.5 Å². The first kappa shape index (κ1) is 13.8. The third-order valence-electron chi connectivity index (χ3n) is 3.47. The molecule has 0 spiro atoms. The van der Waals surface area contributed by atoms with E-state index in [-0.39, 0.29) is 17.0 Å². The Kier molecular flexibility index (Phi) is 4.04. The summed E-state index contributed by atoms with van der Waals surface area (Å²) in [4.78, 5) is 27.2. The quantitative estimate of drug-likeness (QED) is 0.835. The number of halogens is 1. The monoisotopic (exact) mass is 282 g/mol. The molecule has 1 aromatic rings. The number of hydrogen-bond acceptors (Lipinski definition) is 3. The van der Waals surface area contributed by atoms with E-state index in [1.54, 1.807) is 12.1 Å². The van der Waals surface area contributed by atoms with Gasteiger partial charge in [0.05, 0.1) is 17.5 Å². The molecule has 5 nitrogen and oxygen atoms in total. The van der Waals surface area contributed by atoms with Gasteiger partial charge < -0.3 is 10.4 Å². The Balaban J connectivity index is 2.11. The van der Waals surface area contributed by atoms with E-state index in [4.69, 9.17) is 16.7 Å². The van der Waals surface area contributed by atoms with Crippen molar-refractivity contribution in [2.24, 2.45) is 17.8 Å². The van der Waals surface area contributed by atoms with Gasteiger partial charge in [0.15, 0.2) is 5.15 Å². The fourth-order valence-electron chi connectivity index (χ4n) is 2.56. The number of nitrogens with zero attached hydrogens (tertiary/aromatic N) is 1. The van der Waals surface area contributed by atoms with Crippen LogP contribution in [0.4, 0.5) is 5.69 Å². The average Bonchev–Trinajstić information content (AvgIpc) is 2.74. The molecule has 1 unspecified atom stereocenters. The molecule has 0 aromatic carbocycles. The second kappa shape index (κ2) is 5.57. The minimum Gasteiger partial charge on any atom is -0.481 e. The van der Waals surface area contributed by atoms with Crippen molar-refractivity contribution in [1.29, 1.82) is 0 Å². The first-order valence-corrected chi connectivity index (χ1v) is 6.51. The highest BCUT2D eigenvalue weighted by atomic mass is 35.5. The van der Waals surface area contributed by atoms with Crippen LogP contribution in [0.5, 0.6) is 0 Å². The minimum atomic E-state index is -0.915. The molecule has 102 valence electrons. The van der Waals surface area contributed by atoms with E-state index >= 15 is 0 Å². The summed E-state index contributed by atoms with van der Waals surface area (Å²) in [5.74, 6) is -2.11. The fourth-order valence-corrected chi connectivity index (χ4v) is 2.73. The molecule has 1 aromatic heterocycles. The highest BCUT2D eigenvalue weighted by Crippen LogP contribution is 2.37. The highest BCUT2D eigenvalue weighted by molar-refractivity contribution is 6.32. The topological polar surface area (TPSA) is 79.3 Å². The van der Waals surface area contributed by atoms with Gasteiger partial charge in [0, 0.05) is 6.20 Å². The molecule has 3 atom stereocenters. The summed E-state index contributed by atoms with van der Waals surface area (Å²) in [5, 5.41) is 12.0. The van der Waals surface area contributed by atoms with Gasteiger partial charge in [0.25, 0.3) is 0 Å². The molecule has 1 fully saturated rings. The van der Waals surface area contributed by atoms with Crippen LogP contribution >= 0.6 is 11.6 Å². The Morgan fingerprint density at radius 1 is 1.42 bits per heavy atom. The Labute approximate surface area is 116 Å². The molecule has 1 heterocycles. The van der Waals surface area contributed by atoms with E-state index in [1.165, 1.54) is 6.20 Å². The molecule has 2 rings (SSSR count). The average molecular weight is 283 g/mol. The second-order valence-electron chi connectivity index (χ2n) is 4.96. The van der Waals surface area contributed by atoms with E-state index < -0.39 is 17.8 Å². The van der Waals surface area contributed by atoms with E-state index in [2.05, 4.69) is 10.3 Å². The number of anilines is 1. The predicted molar refractivity (Wildman–Crippen MR) is 70.9 cm³/mol. The summed E-state index contributed by atoms with van der Waals surface area (Å²) in [6.45, 7) is 1.96. The van der Waals surface area contributed by atoms with Crippen molar-refractivity contribution in [2.45, 2.75) is 19.8 Å². The molecule has 0 bridgehead atoms. The second-order valence-corrected chi connectivity index (χ2v) is 5.32. The van der Waals surface area contributed by atoms with Gasteiger partial charge in [-0.25, -0.2) is 4.98 Å². The fraction of sp³-hybridized carbons (Fsp3) is 0.462. The molecule has 0 radical (unpaired) electrons. The van der Waals surface area contributed by atoms with Gasteiger partial charge in [-0.15, -0.1) is 0 Å². The number of carboxylic acid groups (broad SMARTS) is 1. The van der Waals surface area contributed by atoms with Crippen LogP contribution in [0, 0.1) is 17.8 Å². The zero-order valence-electron chi connectivity index (χ0n) is 10.5. The number of hydrogen-bond donors (Lipinski definition) is 2. The largest absolute Gasteiger partial charge is 0.481 e. The zero-order chi connectivity index (χ0) is 14.0. The number of amides is 1. The number of rotatable bonds is 3. The van der Waals surface area contributed by atoms with Crippen LogP contribution in [0.2, 0.25) is 5.15 Å². The summed E-state index contributed by atoms with van der Waals surface area (Å²) in [7, 11) is 0. The molecule has 1 saturated carbocycles. The Morgan fingerprint density at radius 3 is 2.74 bits per heavy atom. The molecule has 1 aliphatic rings. The summed E-state index contributed by atoms with van der Waals surface area (Å²) in [6.07, 6.45) is 2.64. The third-order valence-corrected chi connectivity index (χ3v) is 3.77. The summed E-state index contributed by atoms with van der Waals surface area (Å²) >= 11 is 5.86. The van der Waals surface area contributed by atoms with Crippen molar-refractivity contribution in [1.82, 2.24) is 4.98 Å². The lowest BCUT2D eigenvalue weighted by Crippen LogP contribution is -2.30. The maximum absolute atomic E-state index is 12.2. The minimum absolute atomic E-state index is 0.203. The van der Waals surface area contributed by atoms with Crippen molar-refractivity contribution >= 4 is 29.2 Å². The molecule has 19 heavy (non-hydrogen) atoms. The summed E-state index contributed by atoms with van der Waals surface area (Å²) in [5.41, 5.74) is 0.415. The number of carbonyl (C=O) groups excluding carboxylic acids is 1. The zero-order valence-corrected chi connectivity index (χ0v) is 11.2. The maximum Gasteiger partial charge on any atom is 0.307 e. The number of nitrogens with one attached hydrogen (secondary N) is 1.